The number of aromatic nitrogens is 1. The zero-order valence-corrected chi connectivity index (χ0v) is 11.3. The highest BCUT2D eigenvalue weighted by Crippen LogP contribution is 2.24. The zero-order valence-electron chi connectivity index (χ0n) is 11.3. The molecule has 2 heterocycles. The van der Waals surface area contributed by atoms with E-state index in [2.05, 4.69) is 5.16 Å². The Labute approximate surface area is 121 Å². The van der Waals surface area contributed by atoms with Crippen molar-refractivity contribution in [3.63, 3.8) is 0 Å². The monoisotopic (exact) mass is 290 g/mol. The third-order valence-electron chi connectivity index (χ3n) is 3.55. The lowest BCUT2D eigenvalue weighted by molar-refractivity contribution is 0.0465. The van der Waals surface area contributed by atoms with Crippen LogP contribution >= 0.6 is 0 Å². The van der Waals surface area contributed by atoms with Crippen molar-refractivity contribution in [2.45, 2.75) is 18.9 Å². The van der Waals surface area contributed by atoms with Crippen molar-refractivity contribution in [1.29, 1.82) is 0 Å². The molecule has 1 aromatic heterocycles. The molecule has 0 bridgehead atoms. The van der Waals surface area contributed by atoms with Crippen molar-refractivity contribution in [3.8, 4) is 11.3 Å². The van der Waals surface area contributed by atoms with Crippen molar-refractivity contribution < 1.29 is 18.8 Å². The summed E-state index contributed by atoms with van der Waals surface area (Å²) < 4.78 is 18.7. The predicted octanol–water partition coefficient (Wildman–Crippen LogP) is 2.08. The van der Waals surface area contributed by atoms with Gasteiger partial charge in [-0.15, -0.1) is 0 Å². The lowest BCUT2D eigenvalue weighted by Crippen LogP contribution is -2.42. The number of aliphatic hydroxyl groups excluding tert-OH is 1. The van der Waals surface area contributed by atoms with Crippen LogP contribution in [0.3, 0.4) is 0 Å². The summed E-state index contributed by atoms with van der Waals surface area (Å²) in [5.74, 6) is -0.518. The van der Waals surface area contributed by atoms with Crippen molar-refractivity contribution >= 4 is 5.91 Å². The van der Waals surface area contributed by atoms with Gasteiger partial charge in [0.1, 0.15) is 5.82 Å². The molecule has 1 aliphatic rings. The number of amides is 1. The molecule has 1 unspecified atom stereocenters. The summed E-state index contributed by atoms with van der Waals surface area (Å²) in [6, 6.07) is 7.58. The van der Waals surface area contributed by atoms with Gasteiger partial charge in [0, 0.05) is 19.2 Å². The second-order valence-electron chi connectivity index (χ2n) is 5.10. The third-order valence-corrected chi connectivity index (χ3v) is 3.55. The summed E-state index contributed by atoms with van der Waals surface area (Å²) in [5, 5.41) is 13.3. The van der Waals surface area contributed by atoms with Crippen molar-refractivity contribution in [2.75, 3.05) is 13.1 Å². The molecule has 1 atom stereocenters. The minimum absolute atomic E-state index is 0.127. The molecule has 0 spiro atoms. The van der Waals surface area contributed by atoms with E-state index in [0.717, 1.165) is 6.42 Å². The van der Waals surface area contributed by atoms with Crippen molar-refractivity contribution in [2.24, 2.45) is 0 Å². The van der Waals surface area contributed by atoms with Gasteiger partial charge in [0.15, 0.2) is 11.5 Å². The number of carbonyl (C=O) groups is 1. The molecule has 0 saturated carbocycles. The number of rotatable bonds is 2. The molecule has 2 aromatic rings. The van der Waals surface area contributed by atoms with Crippen LogP contribution in [-0.2, 0) is 0 Å². The highest BCUT2D eigenvalue weighted by Gasteiger charge is 2.25. The van der Waals surface area contributed by atoms with Gasteiger partial charge in [-0.3, -0.25) is 4.79 Å². The molecule has 1 aliphatic heterocycles. The maximum absolute atomic E-state index is 13.7. The standard InChI is InChI=1S/C15H15FN2O3/c16-12-6-2-1-5-11(12)14-8-13(17-21-14)15(20)18-7-3-4-10(19)9-18/h1-2,5-6,8,10,19H,3-4,7,9H2. The van der Waals surface area contributed by atoms with E-state index in [1.54, 1.807) is 18.2 Å². The van der Waals surface area contributed by atoms with E-state index in [1.807, 2.05) is 0 Å². The van der Waals surface area contributed by atoms with E-state index in [0.29, 0.717) is 19.5 Å². The average Bonchev–Trinajstić information content (AvgIpc) is 2.96. The largest absolute Gasteiger partial charge is 0.391 e. The van der Waals surface area contributed by atoms with Gasteiger partial charge >= 0.3 is 0 Å². The van der Waals surface area contributed by atoms with Gasteiger partial charge in [0.05, 0.1) is 11.7 Å². The molecule has 0 radical (unpaired) electrons. The highest BCUT2D eigenvalue weighted by molar-refractivity contribution is 5.93. The van der Waals surface area contributed by atoms with Gasteiger partial charge in [0.25, 0.3) is 5.91 Å². The number of carbonyl (C=O) groups excluding carboxylic acids is 1. The Hall–Kier alpha value is -2.21. The van der Waals surface area contributed by atoms with Gasteiger partial charge in [-0.05, 0) is 25.0 Å². The molecule has 1 N–H and O–H groups in total. The maximum Gasteiger partial charge on any atom is 0.276 e. The SMILES string of the molecule is O=C(c1cc(-c2ccccc2F)on1)N1CCCC(O)C1. The first-order chi connectivity index (χ1) is 10.1. The first-order valence-corrected chi connectivity index (χ1v) is 6.84. The van der Waals surface area contributed by atoms with Crippen LogP contribution < -0.4 is 0 Å². The van der Waals surface area contributed by atoms with E-state index in [4.69, 9.17) is 4.52 Å². The third kappa shape index (κ3) is 2.80. The average molecular weight is 290 g/mol. The Bertz CT molecular complexity index is 656. The normalized spacial score (nSPS) is 18.8. The number of likely N-dealkylation sites (tertiary alicyclic amines) is 1. The summed E-state index contributed by atoms with van der Waals surface area (Å²) in [5.41, 5.74) is 0.394. The molecule has 1 aromatic carbocycles. The van der Waals surface area contributed by atoms with E-state index in [9.17, 15) is 14.3 Å². The maximum atomic E-state index is 13.7. The van der Waals surface area contributed by atoms with Crippen LogP contribution in [-0.4, -0.2) is 40.3 Å². The number of aliphatic hydroxyl groups is 1. The lowest BCUT2D eigenvalue weighted by Gasteiger charge is -2.29. The zero-order chi connectivity index (χ0) is 14.8. The minimum Gasteiger partial charge on any atom is -0.391 e. The Morgan fingerprint density at radius 1 is 1.43 bits per heavy atom. The molecule has 21 heavy (non-hydrogen) atoms. The molecule has 1 amide bonds. The van der Waals surface area contributed by atoms with Gasteiger partial charge in [-0.25, -0.2) is 4.39 Å². The van der Waals surface area contributed by atoms with Crippen molar-refractivity contribution in [3.05, 3.63) is 41.8 Å². The quantitative estimate of drug-likeness (QED) is 0.919. The van der Waals surface area contributed by atoms with E-state index >= 15 is 0 Å². The first kappa shape index (κ1) is 13.8. The Kier molecular flexibility index (Phi) is 3.70. The molecule has 6 heteroatoms. The van der Waals surface area contributed by atoms with Crippen molar-refractivity contribution in [1.82, 2.24) is 10.1 Å². The summed E-state index contributed by atoms with van der Waals surface area (Å²) in [4.78, 5) is 13.8. The minimum atomic E-state index is -0.499. The number of hydrogen-bond acceptors (Lipinski definition) is 4. The molecule has 1 fully saturated rings. The molecular formula is C15H15FN2O3. The lowest BCUT2D eigenvalue weighted by atomic mass is 10.1. The van der Waals surface area contributed by atoms with Gasteiger partial charge in [-0.2, -0.15) is 0 Å². The van der Waals surface area contributed by atoms with Gasteiger partial charge in [-0.1, -0.05) is 17.3 Å². The van der Waals surface area contributed by atoms with E-state index < -0.39 is 11.9 Å². The van der Waals surface area contributed by atoms with Crippen LogP contribution in [0.2, 0.25) is 0 Å². The summed E-state index contributed by atoms with van der Waals surface area (Å²) >= 11 is 0. The summed E-state index contributed by atoms with van der Waals surface area (Å²) in [7, 11) is 0. The number of benzene rings is 1. The van der Waals surface area contributed by atoms with Crippen LogP contribution in [0.25, 0.3) is 11.3 Å². The fraction of sp³-hybridized carbons (Fsp3) is 0.333. The second kappa shape index (κ2) is 5.65. The number of piperidine rings is 1. The summed E-state index contributed by atoms with van der Waals surface area (Å²) in [6.07, 6.45) is 0.953. The Balaban J connectivity index is 1.82. The topological polar surface area (TPSA) is 66.6 Å². The smallest absolute Gasteiger partial charge is 0.276 e. The highest BCUT2D eigenvalue weighted by atomic mass is 19.1. The van der Waals surface area contributed by atoms with Crippen LogP contribution in [0, 0.1) is 5.82 Å². The molecule has 3 rings (SSSR count). The number of halogens is 1. The van der Waals surface area contributed by atoms with E-state index in [-0.39, 0.29) is 22.9 Å². The number of nitrogens with zero attached hydrogens (tertiary/aromatic N) is 2. The fourth-order valence-electron chi connectivity index (χ4n) is 2.47. The Morgan fingerprint density at radius 2 is 2.24 bits per heavy atom. The van der Waals surface area contributed by atoms with E-state index in [1.165, 1.54) is 17.0 Å². The van der Waals surface area contributed by atoms with Crippen LogP contribution in [0.4, 0.5) is 4.39 Å². The Morgan fingerprint density at radius 3 is 3.00 bits per heavy atom. The van der Waals surface area contributed by atoms with Gasteiger partial charge in [0.2, 0.25) is 0 Å². The molecule has 5 nitrogen and oxygen atoms in total. The van der Waals surface area contributed by atoms with Crippen LogP contribution in [0.1, 0.15) is 23.3 Å². The number of hydrogen-bond donors (Lipinski definition) is 1. The fourth-order valence-corrected chi connectivity index (χ4v) is 2.47. The van der Waals surface area contributed by atoms with Crippen LogP contribution in [0.5, 0.6) is 0 Å². The molecular weight excluding hydrogens is 275 g/mol. The van der Waals surface area contributed by atoms with Gasteiger partial charge < -0.3 is 14.5 Å². The molecule has 0 aliphatic carbocycles. The second-order valence-corrected chi connectivity index (χ2v) is 5.10. The summed E-state index contributed by atoms with van der Waals surface area (Å²) in [6.45, 7) is 0.874. The molecule has 110 valence electrons. The molecule has 1 saturated heterocycles. The predicted molar refractivity (Wildman–Crippen MR) is 73.0 cm³/mol. The first-order valence-electron chi connectivity index (χ1n) is 6.84. The van der Waals surface area contributed by atoms with Crippen LogP contribution in [0.15, 0.2) is 34.9 Å². The number of β-amino-alcohol motifs (C(OH)–C–C–N with tert-alkyl or cyclic N) is 1.